The molecule has 1 aromatic rings. The summed E-state index contributed by atoms with van der Waals surface area (Å²) in [5.41, 5.74) is -1.10. The average Bonchev–Trinajstić information content (AvgIpc) is 2.77. The molecule has 0 aliphatic rings. The van der Waals surface area contributed by atoms with E-state index in [1.165, 1.54) is 20.1 Å². The first-order valence-corrected chi connectivity index (χ1v) is 4.59. The molecule has 0 saturated heterocycles. The van der Waals surface area contributed by atoms with Gasteiger partial charge in [0.25, 0.3) is 11.8 Å². The number of aliphatic hydroxyl groups excluding tert-OH is 2. The van der Waals surface area contributed by atoms with Gasteiger partial charge >= 0.3 is 0 Å². The predicted octanol–water partition coefficient (Wildman–Crippen LogP) is -0.844. The van der Waals surface area contributed by atoms with E-state index in [2.05, 4.69) is 10.5 Å². The summed E-state index contributed by atoms with van der Waals surface area (Å²) in [5.74, 6) is -0.453. The minimum absolute atomic E-state index is 0.0509. The number of rotatable bonds is 5. The lowest BCUT2D eigenvalue weighted by molar-refractivity contribution is 0.0693. The Bertz CT molecular complexity index is 359. The van der Waals surface area contributed by atoms with Crippen LogP contribution in [0.3, 0.4) is 0 Å². The first kappa shape index (κ1) is 12.5. The van der Waals surface area contributed by atoms with Crippen LogP contribution in [0, 0.1) is 0 Å². The molecule has 90 valence electrons. The largest absolute Gasteiger partial charge is 0.479 e. The normalized spacial score (nSPS) is 11.2. The summed E-state index contributed by atoms with van der Waals surface area (Å²) < 4.78 is 9.45. The zero-order valence-electron chi connectivity index (χ0n) is 9.06. The maximum Gasteiger partial charge on any atom is 0.290 e. The van der Waals surface area contributed by atoms with E-state index >= 15 is 0 Å². The highest BCUT2D eigenvalue weighted by Crippen LogP contribution is 2.11. The van der Waals surface area contributed by atoms with Gasteiger partial charge in [-0.3, -0.25) is 4.79 Å². The van der Waals surface area contributed by atoms with Gasteiger partial charge in [-0.25, -0.2) is 0 Å². The Kier molecular flexibility index (Phi) is 3.86. The summed E-state index contributed by atoms with van der Waals surface area (Å²) in [7, 11) is 1.39. The van der Waals surface area contributed by atoms with Crippen LogP contribution < -0.4 is 10.1 Å². The van der Waals surface area contributed by atoms with E-state index < -0.39 is 11.4 Å². The molecular weight excluding hydrogens is 216 g/mol. The maximum absolute atomic E-state index is 11.6. The van der Waals surface area contributed by atoms with Crippen molar-refractivity contribution in [3.8, 4) is 5.88 Å². The van der Waals surface area contributed by atoms with E-state index in [0.717, 1.165) is 0 Å². The Labute approximate surface area is 92.0 Å². The molecule has 3 N–H and O–H groups in total. The summed E-state index contributed by atoms with van der Waals surface area (Å²) in [6, 6.07) is 1.31. The maximum atomic E-state index is 11.6. The van der Waals surface area contributed by atoms with Crippen LogP contribution in [0.5, 0.6) is 5.88 Å². The standard InChI is InChI=1S/C9H14N2O5/c1-9(4-12,5-13)10-8(14)6-3-7(15-2)11-16-6/h3,12-13H,4-5H2,1-2H3,(H,10,14). The van der Waals surface area contributed by atoms with Crippen LogP contribution in [0.4, 0.5) is 0 Å². The van der Waals surface area contributed by atoms with E-state index in [1.807, 2.05) is 0 Å². The summed E-state index contributed by atoms with van der Waals surface area (Å²) in [5, 5.41) is 23.8. The van der Waals surface area contributed by atoms with Gasteiger partial charge < -0.3 is 24.8 Å². The van der Waals surface area contributed by atoms with Crippen molar-refractivity contribution in [2.75, 3.05) is 20.3 Å². The van der Waals surface area contributed by atoms with Gasteiger partial charge in [0.05, 0.1) is 31.9 Å². The highest BCUT2D eigenvalue weighted by atomic mass is 16.5. The first-order chi connectivity index (χ1) is 7.54. The molecule has 16 heavy (non-hydrogen) atoms. The van der Waals surface area contributed by atoms with Gasteiger partial charge in [-0.15, -0.1) is 0 Å². The lowest BCUT2D eigenvalue weighted by atomic mass is 10.1. The molecule has 0 aromatic carbocycles. The fourth-order valence-corrected chi connectivity index (χ4v) is 0.927. The number of aromatic nitrogens is 1. The number of aliphatic hydroxyl groups is 2. The number of nitrogens with one attached hydrogen (secondary N) is 1. The Morgan fingerprint density at radius 2 is 2.25 bits per heavy atom. The molecule has 1 rings (SSSR count). The molecule has 7 nitrogen and oxygen atoms in total. The molecule has 0 aliphatic heterocycles. The summed E-state index contributed by atoms with van der Waals surface area (Å²) in [6.45, 7) is 0.722. The molecular formula is C9H14N2O5. The van der Waals surface area contributed by atoms with Crippen molar-refractivity contribution in [3.05, 3.63) is 11.8 Å². The van der Waals surface area contributed by atoms with Gasteiger partial charge in [-0.05, 0) is 12.1 Å². The minimum atomic E-state index is -1.10. The lowest BCUT2D eigenvalue weighted by Crippen LogP contribution is -2.51. The first-order valence-electron chi connectivity index (χ1n) is 4.59. The van der Waals surface area contributed by atoms with E-state index in [0.29, 0.717) is 0 Å². The van der Waals surface area contributed by atoms with Crippen LogP contribution in [0.1, 0.15) is 17.5 Å². The lowest BCUT2D eigenvalue weighted by Gasteiger charge is -2.25. The Hall–Kier alpha value is -1.60. The second-order valence-corrected chi connectivity index (χ2v) is 3.56. The third-order valence-electron chi connectivity index (χ3n) is 2.03. The van der Waals surface area contributed by atoms with Gasteiger partial charge in [0, 0.05) is 0 Å². The SMILES string of the molecule is COc1cc(C(=O)NC(C)(CO)CO)on1. The summed E-state index contributed by atoms with van der Waals surface area (Å²) in [4.78, 5) is 11.6. The average molecular weight is 230 g/mol. The van der Waals surface area contributed by atoms with E-state index in [1.54, 1.807) is 0 Å². The predicted molar refractivity (Wildman–Crippen MR) is 53.1 cm³/mol. The fraction of sp³-hybridized carbons (Fsp3) is 0.556. The number of nitrogens with zero attached hydrogens (tertiary/aromatic N) is 1. The Morgan fingerprint density at radius 3 is 2.69 bits per heavy atom. The third kappa shape index (κ3) is 2.71. The van der Waals surface area contributed by atoms with Gasteiger partial charge in [-0.1, -0.05) is 0 Å². The molecule has 0 fully saturated rings. The molecule has 0 radical (unpaired) electrons. The second kappa shape index (κ2) is 4.95. The molecule has 0 unspecified atom stereocenters. The number of carbonyl (C=O) groups is 1. The molecule has 0 spiro atoms. The Morgan fingerprint density at radius 1 is 1.62 bits per heavy atom. The summed E-state index contributed by atoms with van der Waals surface area (Å²) in [6.07, 6.45) is 0. The van der Waals surface area contributed by atoms with Gasteiger partial charge in [0.15, 0.2) is 0 Å². The van der Waals surface area contributed by atoms with Crippen molar-refractivity contribution >= 4 is 5.91 Å². The molecule has 1 aromatic heterocycles. The van der Waals surface area contributed by atoms with Crippen LogP contribution in [-0.4, -0.2) is 47.1 Å². The molecule has 0 saturated carbocycles. The van der Waals surface area contributed by atoms with Gasteiger partial charge in [0.1, 0.15) is 0 Å². The quantitative estimate of drug-likeness (QED) is 0.609. The molecule has 1 heterocycles. The fourth-order valence-electron chi connectivity index (χ4n) is 0.927. The van der Waals surface area contributed by atoms with Crippen molar-refractivity contribution in [1.82, 2.24) is 10.5 Å². The molecule has 0 atom stereocenters. The van der Waals surface area contributed by atoms with Gasteiger partial charge in [0.2, 0.25) is 5.76 Å². The molecule has 0 bridgehead atoms. The van der Waals surface area contributed by atoms with Crippen molar-refractivity contribution < 1.29 is 24.3 Å². The number of carbonyl (C=O) groups excluding carboxylic acids is 1. The zero-order valence-corrected chi connectivity index (χ0v) is 9.06. The number of hydrogen-bond acceptors (Lipinski definition) is 6. The van der Waals surface area contributed by atoms with Gasteiger partial charge in [-0.2, -0.15) is 0 Å². The topological polar surface area (TPSA) is 105 Å². The molecule has 0 aliphatic carbocycles. The highest BCUT2D eigenvalue weighted by molar-refractivity contribution is 5.92. The van der Waals surface area contributed by atoms with E-state index in [-0.39, 0.29) is 24.9 Å². The van der Waals surface area contributed by atoms with E-state index in [9.17, 15) is 4.79 Å². The molecule has 7 heteroatoms. The second-order valence-electron chi connectivity index (χ2n) is 3.56. The van der Waals surface area contributed by atoms with Crippen LogP contribution in [-0.2, 0) is 0 Å². The monoisotopic (exact) mass is 230 g/mol. The van der Waals surface area contributed by atoms with Crippen molar-refractivity contribution in [2.45, 2.75) is 12.5 Å². The number of amides is 1. The third-order valence-corrected chi connectivity index (χ3v) is 2.03. The number of methoxy groups -OCH3 is 1. The summed E-state index contributed by atoms with van der Waals surface area (Å²) >= 11 is 0. The van der Waals surface area contributed by atoms with Crippen molar-refractivity contribution in [3.63, 3.8) is 0 Å². The van der Waals surface area contributed by atoms with Crippen molar-refractivity contribution in [2.24, 2.45) is 0 Å². The Balaban J connectivity index is 2.71. The zero-order chi connectivity index (χ0) is 12.2. The van der Waals surface area contributed by atoms with Crippen LogP contribution in [0.2, 0.25) is 0 Å². The van der Waals surface area contributed by atoms with Crippen molar-refractivity contribution in [1.29, 1.82) is 0 Å². The number of hydrogen-bond donors (Lipinski definition) is 3. The van der Waals surface area contributed by atoms with Crippen LogP contribution in [0.15, 0.2) is 10.6 Å². The smallest absolute Gasteiger partial charge is 0.290 e. The number of ether oxygens (including phenoxy) is 1. The molecule has 1 amide bonds. The van der Waals surface area contributed by atoms with E-state index in [4.69, 9.17) is 19.5 Å². The van der Waals surface area contributed by atoms with Crippen LogP contribution in [0.25, 0.3) is 0 Å². The van der Waals surface area contributed by atoms with Crippen LogP contribution >= 0.6 is 0 Å². The highest BCUT2D eigenvalue weighted by Gasteiger charge is 2.27. The minimum Gasteiger partial charge on any atom is -0.479 e.